The third kappa shape index (κ3) is 4.17. The lowest BCUT2D eigenvalue weighted by atomic mass is 10.1. The van der Waals surface area contributed by atoms with E-state index in [1.54, 1.807) is 31.2 Å². The molecular formula is C19H18ClFN2O2. The lowest BCUT2D eigenvalue weighted by Crippen LogP contribution is -2.33. The summed E-state index contributed by atoms with van der Waals surface area (Å²) in [5, 5.41) is 0.641. The van der Waals surface area contributed by atoms with Crippen molar-refractivity contribution in [2.45, 2.75) is 19.4 Å². The van der Waals surface area contributed by atoms with E-state index in [-0.39, 0.29) is 11.8 Å². The lowest BCUT2D eigenvalue weighted by Gasteiger charge is -2.21. The van der Waals surface area contributed by atoms with Gasteiger partial charge in [-0.15, -0.1) is 0 Å². The number of hydrogen-bond acceptors (Lipinski definition) is 4. The van der Waals surface area contributed by atoms with Crippen molar-refractivity contribution in [3.05, 3.63) is 64.9 Å². The van der Waals surface area contributed by atoms with Crippen LogP contribution in [0.2, 0.25) is 5.02 Å². The van der Waals surface area contributed by atoms with E-state index in [1.807, 2.05) is 17.0 Å². The Labute approximate surface area is 150 Å². The fourth-order valence-electron chi connectivity index (χ4n) is 2.74. The number of carbonyl (C=O) groups excluding carboxylic acids is 1. The summed E-state index contributed by atoms with van der Waals surface area (Å²) in [6.45, 7) is 2.50. The molecule has 0 bridgehead atoms. The van der Waals surface area contributed by atoms with Crippen LogP contribution in [-0.4, -0.2) is 31.0 Å². The van der Waals surface area contributed by atoms with Crippen LogP contribution in [0, 0.1) is 5.82 Å². The van der Waals surface area contributed by atoms with E-state index in [1.165, 1.54) is 12.1 Å². The molecule has 1 aliphatic rings. The number of anilines is 1. The average Bonchev–Trinajstić information content (AvgIpc) is 3.02. The van der Waals surface area contributed by atoms with Crippen molar-refractivity contribution in [3.63, 3.8) is 0 Å². The van der Waals surface area contributed by atoms with Gasteiger partial charge in [0, 0.05) is 17.1 Å². The molecule has 3 rings (SSSR count). The smallest absolute Gasteiger partial charge is 0.332 e. The monoisotopic (exact) mass is 360 g/mol. The number of hydrogen-bond donors (Lipinski definition) is 0. The van der Waals surface area contributed by atoms with Gasteiger partial charge in [-0.1, -0.05) is 23.7 Å². The van der Waals surface area contributed by atoms with Gasteiger partial charge in [0.1, 0.15) is 11.7 Å². The average molecular weight is 361 g/mol. The summed E-state index contributed by atoms with van der Waals surface area (Å²) in [5.74, 6) is 0.124. The molecule has 1 atom stereocenters. The van der Waals surface area contributed by atoms with Crippen LogP contribution in [0.5, 0.6) is 0 Å². The van der Waals surface area contributed by atoms with Gasteiger partial charge in [-0.05, 0) is 48.9 Å². The Hall–Kier alpha value is -2.40. The highest BCUT2D eigenvalue weighted by atomic mass is 35.5. The van der Waals surface area contributed by atoms with Gasteiger partial charge >= 0.3 is 5.97 Å². The third-order valence-corrected chi connectivity index (χ3v) is 4.20. The van der Waals surface area contributed by atoms with E-state index in [9.17, 15) is 9.18 Å². The van der Waals surface area contributed by atoms with Crippen molar-refractivity contribution in [1.82, 2.24) is 0 Å². The standard InChI is InChI=1S/C19H18ClFN2O2/c1-2-25-19(24)17-12-23(16-9-5-14(20)6-10-16)18(22-17)11-13-3-7-15(21)8-4-13/h3-10,17H,2,11-12H2,1H3. The van der Waals surface area contributed by atoms with E-state index in [0.717, 1.165) is 17.1 Å². The highest BCUT2D eigenvalue weighted by Crippen LogP contribution is 2.24. The maximum Gasteiger partial charge on any atom is 0.332 e. The van der Waals surface area contributed by atoms with Crippen LogP contribution in [0.15, 0.2) is 53.5 Å². The second-order valence-electron chi connectivity index (χ2n) is 5.70. The van der Waals surface area contributed by atoms with Crippen molar-refractivity contribution in [2.75, 3.05) is 18.1 Å². The minimum atomic E-state index is -0.564. The molecule has 0 spiro atoms. The van der Waals surface area contributed by atoms with Gasteiger partial charge < -0.3 is 9.64 Å². The van der Waals surface area contributed by atoms with E-state index >= 15 is 0 Å². The number of esters is 1. The molecule has 130 valence electrons. The van der Waals surface area contributed by atoms with Crippen molar-refractivity contribution < 1.29 is 13.9 Å². The minimum absolute atomic E-state index is 0.281. The van der Waals surface area contributed by atoms with Crippen LogP contribution >= 0.6 is 11.6 Å². The molecule has 0 fully saturated rings. The Morgan fingerprint density at radius 2 is 1.92 bits per heavy atom. The van der Waals surface area contributed by atoms with E-state index in [4.69, 9.17) is 16.3 Å². The summed E-state index contributed by atoms with van der Waals surface area (Å²) < 4.78 is 18.2. The zero-order chi connectivity index (χ0) is 17.8. The SMILES string of the molecule is CCOC(=O)C1CN(c2ccc(Cl)cc2)C(Cc2ccc(F)cc2)=N1. The second kappa shape index (κ2) is 7.66. The summed E-state index contributed by atoms with van der Waals surface area (Å²) in [4.78, 5) is 18.6. The number of carbonyl (C=O) groups is 1. The fraction of sp³-hybridized carbons (Fsp3) is 0.263. The zero-order valence-corrected chi connectivity index (χ0v) is 14.5. The first kappa shape index (κ1) is 17.4. The van der Waals surface area contributed by atoms with E-state index < -0.39 is 6.04 Å². The number of aliphatic imine (C=N–C) groups is 1. The van der Waals surface area contributed by atoms with Crippen molar-refractivity contribution in [1.29, 1.82) is 0 Å². The van der Waals surface area contributed by atoms with Crippen LogP contribution in [0.1, 0.15) is 12.5 Å². The summed E-state index contributed by atoms with van der Waals surface area (Å²) in [5.41, 5.74) is 1.82. The molecule has 0 aromatic heterocycles. The molecule has 2 aromatic rings. The molecule has 4 nitrogen and oxygen atoms in total. The number of amidine groups is 1. The van der Waals surface area contributed by atoms with Gasteiger partial charge in [0.2, 0.25) is 0 Å². The van der Waals surface area contributed by atoms with E-state index in [2.05, 4.69) is 4.99 Å². The van der Waals surface area contributed by atoms with Crippen molar-refractivity contribution in [2.24, 2.45) is 4.99 Å². The Balaban J connectivity index is 1.86. The fourth-order valence-corrected chi connectivity index (χ4v) is 2.86. The number of benzene rings is 2. The Morgan fingerprint density at radius 1 is 1.24 bits per heavy atom. The maximum absolute atomic E-state index is 13.1. The van der Waals surface area contributed by atoms with Gasteiger partial charge in [0.05, 0.1) is 13.2 Å². The summed E-state index contributed by atoms with van der Waals surface area (Å²) in [7, 11) is 0. The lowest BCUT2D eigenvalue weighted by molar-refractivity contribution is -0.144. The van der Waals surface area contributed by atoms with E-state index in [0.29, 0.717) is 24.6 Å². The zero-order valence-electron chi connectivity index (χ0n) is 13.8. The number of ether oxygens (including phenoxy) is 1. The molecule has 0 saturated heterocycles. The Kier molecular flexibility index (Phi) is 5.34. The van der Waals surface area contributed by atoms with Crippen LogP contribution < -0.4 is 4.90 Å². The van der Waals surface area contributed by atoms with Crippen LogP contribution in [0.4, 0.5) is 10.1 Å². The molecule has 0 radical (unpaired) electrons. The minimum Gasteiger partial charge on any atom is -0.464 e. The van der Waals surface area contributed by atoms with Crippen molar-refractivity contribution in [3.8, 4) is 0 Å². The molecule has 25 heavy (non-hydrogen) atoms. The van der Waals surface area contributed by atoms with Crippen LogP contribution in [-0.2, 0) is 16.0 Å². The van der Waals surface area contributed by atoms with Crippen LogP contribution in [0.3, 0.4) is 0 Å². The first-order chi connectivity index (χ1) is 12.1. The molecule has 1 heterocycles. The number of nitrogens with zero attached hydrogens (tertiary/aromatic N) is 2. The first-order valence-corrected chi connectivity index (χ1v) is 8.45. The molecular weight excluding hydrogens is 343 g/mol. The first-order valence-electron chi connectivity index (χ1n) is 8.07. The predicted molar refractivity (Wildman–Crippen MR) is 96.8 cm³/mol. The topological polar surface area (TPSA) is 41.9 Å². The molecule has 0 amide bonds. The number of rotatable bonds is 5. The molecule has 6 heteroatoms. The molecule has 0 aliphatic carbocycles. The quantitative estimate of drug-likeness (QED) is 0.760. The molecule has 1 aliphatic heterocycles. The van der Waals surface area contributed by atoms with Gasteiger partial charge in [0.15, 0.2) is 6.04 Å². The highest BCUT2D eigenvalue weighted by Gasteiger charge is 2.32. The second-order valence-corrected chi connectivity index (χ2v) is 6.14. The Morgan fingerprint density at radius 3 is 2.56 bits per heavy atom. The van der Waals surface area contributed by atoms with Gasteiger partial charge in [-0.3, -0.25) is 4.99 Å². The molecule has 0 saturated carbocycles. The van der Waals surface area contributed by atoms with Crippen molar-refractivity contribution >= 4 is 29.1 Å². The number of halogens is 2. The normalized spacial score (nSPS) is 16.7. The Bertz CT molecular complexity index is 775. The molecule has 1 unspecified atom stereocenters. The summed E-state index contributed by atoms with van der Waals surface area (Å²) >= 11 is 5.96. The van der Waals surface area contributed by atoms with Gasteiger partial charge in [-0.25, -0.2) is 9.18 Å². The maximum atomic E-state index is 13.1. The largest absolute Gasteiger partial charge is 0.464 e. The van der Waals surface area contributed by atoms with Gasteiger partial charge in [-0.2, -0.15) is 0 Å². The summed E-state index contributed by atoms with van der Waals surface area (Å²) in [6.07, 6.45) is 0.499. The predicted octanol–water partition coefficient (Wildman–Crippen LogP) is 3.87. The third-order valence-electron chi connectivity index (χ3n) is 3.94. The highest BCUT2D eigenvalue weighted by molar-refractivity contribution is 6.30. The van der Waals surface area contributed by atoms with Gasteiger partial charge in [0.25, 0.3) is 0 Å². The molecule has 0 N–H and O–H groups in total. The van der Waals surface area contributed by atoms with Crippen LogP contribution in [0.25, 0.3) is 0 Å². The summed E-state index contributed by atoms with van der Waals surface area (Å²) in [6, 6.07) is 13.1. The molecule has 2 aromatic carbocycles.